The Morgan fingerprint density at radius 3 is 2.76 bits per heavy atom. The number of aromatic hydroxyl groups is 1. The minimum atomic E-state index is -0.381. The molecule has 0 spiro atoms. The molecule has 7 heteroatoms. The summed E-state index contributed by atoms with van der Waals surface area (Å²) in [6, 6.07) is 10.5. The van der Waals surface area contributed by atoms with Gasteiger partial charge in [0.05, 0.1) is 17.8 Å². The maximum Gasteiger partial charge on any atom is 0.277 e. The van der Waals surface area contributed by atoms with E-state index >= 15 is 0 Å². The van der Waals surface area contributed by atoms with Crippen molar-refractivity contribution in [2.75, 3.05) is 13.7 Å². The fourth-order valence-corrected chi connectivity index (χ4v) is 2.55. The molecule has 0 heterocycles. The molecular weight excluding hydrogens is 388 g/mol. The first-order valence-electron chi connectivity index (χ1n) is 7.63. The predicted octanol–water partition coefficient (Wildman–Crippen LogP) is 3.25. The number of hydrogen-bond acceptors (Lipinski definition) is 5. The number of hydrogen-bond donors (Lipinski definition) is 2. The predicted molar refractivity (Wildman–Crippen MR) is 99.4 cm³/mol. The van der Waals surface area contributed by atoms with E-state index in [9.17, 15) is 9.90 Å². The van der Waals surface area contributed by atoms with E-state index in [2.05, 4.69) is 33.4 Å². The highest BCUT2D eigenvalue weighted by molar-refractivity contribution is 9.10. The van der Waals surface area contributed by atoms with Crippen LogP contribution in [0.3, 0.4) is 0 Å². The molecule has 0 fully saturated rings. The number of nitrogens with zero attached hydrogens (tertiary/aromatic N) is 1. The molecule has 25 heavy (non-hydrogen) atoms. The molecule has 0 saturated heterocycles. The van der Waals surface area contributed by atoms with E-state index < -0.39 is 0 Å². The van der Waals surface area contributed by atoms with Gasteiger partial charge in [0.1, 0.15) is 5.75 Å². The third kappa shape index (κ3) is 5.49. The summed E-state index contributed by atoms with van der Waals surface area (Å²) in [6.07, 6.45) is 2.38. The Morgan fingerprint density at radius 2 is 2.08 bits per heavy atom. The summed E-state index contributed by atoms with van der Waals surface area (Å²) in [5.41, 5.74) is 4.24. The quantitative estimate of drug-likeness (QED) is 0.546. The van der Waals surface area contributed by atoms with Crippen molar-refractivity contribution >= 4 is 28.1 Å². The van der Waals surface area contributed by atoms with E-state index in [4.69, 9.17) is 9.47 Å². The fourth-order valence-electron chi connectivity index (χ4n) is 2.01. The first-order chi connectivity index (χ1) is 12.0. The minimum Gasteiger partial charge on any atom is -0.504 e. The summed E-state index contributed by atoms with van der Waals surface area (Å²) < 4.78 is 11.3. The largest absolute Gasteiger partial charge is 0.504 e. The lowest BCUT2D eigenvalue weighted by Gasteiger charge is -2.08. The van der Waals surface area contributed by atoms with Crippen LogP contribution < -0.4 is 14.9 Å². The summed E-state index contributed by atoms with van der Waals surface area (Å²) in [5, 5.41) is 13.4. The van der Waals surface area contributed by atoms with E-state index in [1.54, 1.807) is 12.1 Å². The van der Waals surface area contributed by atoms with Gasteiger partial charge >= 0.3 is 0 Å². The van der Waals surface area contributed by atoms with Crippen LogP contribution in [0.1, 0.15) is 18.1 Å². The van der Waals surface area contributed by atoms with E-state index in [0.29, 0.717) is 17.1 Å². The first kappa shape index (κ1) is 18.8. The van der Waals surface area contributed by atoms with Crippen LogP contribution in [0.5, 0.6) is 17.2 Å². The number of carbonyl (C=O) groups excluding carboxylic acids is 1. The highest BCUT2D eigenvalue weighted by Crippen LogP contribution is 2.26. The number of amides is 1. The number of phenols is 1. The van der Waals surface area contributed by atoms with E-state index in [-0.39, 0.29) is 18.3 Å². The van der Waals surface area contributed by atoms with Gasteiger partial charge in [-0.3, -0.25) is 4.79 Å². The molecule has 0 aromatic heterocycles. The van der Waals surface area contributed by atoms with Crippen LogP contribution in [-0.2, 0) is 11.2 Å². The number of hydrazone groups is 1. The zero-order valence-corrected chi connectivity index (χ0v) is 15.5. The van der Waals surface area contributed by atoms with Gasteiger partial charge < -0.3 is 14.6 Å². The monoisotopic (exact) mass is 406 g/mol. The summed E-state index contributed by atoms with van der Waals surface area (Å²) >= 11 is 3.42. The van der Waals surface area contributed by atoms with Gasteiger partial charge in [0, 0.05) is 0 Å². The molecule has 0 radical (unpaired) electrons. The summed E-state index contributed by atoms with van der Waals surface area (Å²) in [6.45, 7) is 1.91. The molecule has 1 amide bonds. The standard InChI is InChI=1S/C18H19BrN2O4/c1-3-12-5-7-16(14(19)8-12)25-11-18(23)21-20-10-13-4-6-15(22)17(9-13)24-2/h4-10,22H,3,11H2,1-2H3,(H,21,23). The number of benzene rings is 2. The second-order valence-electron chi connectivity index (χ2n) is 5.13. The molecule has 132 valence electrons. The molecule has 2 aromatic carbocycles. The van der Waals surface area contributed by atoms with Gasteiger partial charge in [0.2, 0.25) is 0 Å². The van der Waals surface area contributed by atoms with Crippen molar-refractivity contribution in [3.05, 3.63) is 52.0 Å². The molecule has 2 N–H and O–H groups in total. The number of rotatable bonds is 7. The van der Waals surface area contributed by atoms with Gasteiger partial charge in [-0.2, -0.15) is 5.10 Å². The average Bonchev–Trinajstić information content (AvgIpc) is 2.62. The van der Waals surface area contributed by atoms with Crippen LogP contribution in [0.15, 0.2) is 46.0 Å². The Labute approximate surface area is 154 Å². The van der Waals surface area contributed by atoms with Gasteiger partial charge in [0.15, 0.2) is 18.1 Å². The van der Waals surface area contributed by atoms with Crippen molar-refractivity contribution in [2.24, 2.45) is 5.10 Å². The van der Waals surface area contributed by atoms with Gasteiger partial charge in [0.25, 0.3) is 5.91 Å². The number of aryl methyl sites for hydroxylation is 1. The smallest absolute Gasteiger partial charge is 0.277 e. The molecule has 0 unspecified atom stereocenters. The van der Waals surface area contributed by atoms with Gasteiger partial charge in [-0.1, -0.05) is 13.0 Å². The van der Waals surface area contributed by atoms with Crippen molar-refractivity contribution < 1.29 is 19.4 Å². The minimum absolute atomic E-state index is 0.0387. The highest BCUT2D eigenvalue weighted by Gasteiger charge is 2.06. The number of phenolic OH excluding ortho intramolecular Hbond substituents is 1. The number of ether oxygens (including phenoxy) is 2. The number of nitrogens with one attached hydrogen (secondary N) is 1. The average molecular weight is 407 g/mol. The Morgan fingerprint density at radius 1 is 1.28 bits per heavy atom. The first-order valence-corrected chi connectivity index (χ1v) is 8.43. The number of halogens is 1. The maximum absolute atomic E-state index is 11.8. The molecule has 0 atom stereocenters. The fraction of sp³-hybridized carbons (Fsp3) is 0.222. The topological polar surface area (TPSA) is 80.2 Å². The second-order valence-corrected chi connectivity index (χ2v) is 5.99. The molecule has 0 bridgehead atoms. The Hall–Kier alpha value is -2.54. The van der Waals surface area contributed by atoms with Crippen molar-refractivity contribution in [3.63, 3.8) is 0 Å². The van der Waals surface area contributed by atoms with E-state index in [1.165, 1.54) is 25.0 Å². The third-order valence-corrected chi connectivity index (χ3v) is 3.99. The number of methoxy groups -OCH3 is 1. The zero-order chi connectivity index (χ0) is 18.2. The Bertz CT molecular complexity index is 778. The lowest BCUT2D eigenvalue weighted by Crippen LogP contribution is -2.24. The van der Waals surface area contributed by atoms with Crippen molar-refractivity contribution in [1.82, 2.24) is 5.43 Å². The lowest BCUT2D eigenvalue weighted by molar-refractivity contribution is -0.123. The normalized spacial score (nSPS) is 10.7. The Kier molecular flexibility index (Phi) is 6.82. The molecule has 0 aliphatic carbocycles. The molecule has 0 aliphatic rings. The second kappa shape index (κ2) is 9.08. The van der Waals surface area contributed by atoms with Crippen molar-refractivity contribution in [3.8, 4) is 17.2 Å². The van der Waals surface area contributed by atoms with Crippen LogP contribution in [0, 0.1) is 0 Å². The van der Waals surface area contributed by atoms with E-state index in [0.717, 1.165) is 10.9 Å². The van der Waals surface area contributed by atoms with Crippen LogP contribution in [0.4, 0.5) is 0 Å². The van der Waals surface area contributed by atoms with E-state index in [1.807, 2.05) is 18.2 Å². The zero-order valence-electron chi connectivity index (χ0n) is 14.0. The third-order valence-electron chi connectivity index (χ3n) is 3.37. The molecular formula is C18H19BrN2O4. The molecule has 2 rings (SSSR count). The highest BCUT2D eigenvalue weighted by atomic mass is 79.9. The summed E-state index contributed by atoms with van der Waals surface area (Å²) in [5.74, 6) is 0.587. The molecule has 0 saturated carbocycles. The van der Waals surface area contributed by atoms with Gasteiger partial charge in [-0.15, -0.1) is 0 Å². The Balaban J connectivity index is 1.86. The summed E-state index contributed by atoms with van der Waals surface area (Å²) in [7, 11) is 1.46. The molecule has 6 nitrogen and oxygen atoms in total. The molecule has 0 aliphatic heterocycles. The lowest BCUT2D eigenvalue weighted by atomic mass is 10.2. The SMILES string of the molecule is CCc1ccc(OCC(=O)NN=Cc2ccc(O)c(OC)c2)c(Br)c1. The van der Waals surface area contributed by atoms with Crippen LogP contribution in [0.2, 0.25) is 0 Å². The van der Waals surface area contributed by atoms with Crippen molar-refractivity contribution in [2.45, 2.75) is 13.3 Å². The summed E-state index contributed by atoms with van der Waals surface area (Å²) in [4.78, 5) is 11.8. The molecule has 2 aromatic rings. The van der Waals surface area contributed by atoms with Crippen LogP contribution >= 0.6 is 15.9 Å². The van der Waals surface area contributed by atoms with Gasteiger partial charge in [-0.05, 0) is 63.8 Å². The maximum atomic E-state index is 11.8. The van der Waals surface area contributed by atoms with Crippen LogP contribution in [0.25, 0.3) is 0 Å². The van der Waals surface area contributed by atoms with Gasteiger partial charge in [-0.25, -0.2) is 5.43 Å². The number of carbonyl (C=O) groups is 1. The van der Waals surface area contributed by atoms with Crippen LogP contribution in [-0.4, -0.2) is 30.9 Å². The van der Waals surface area contributed by atoms with Crippen molar-refractivity contribution in [1.29, 1.82) is 0 Å².